The van der Waals surface area contributed by atoms with Gasteiger partial charge in [-0.3, -0.25) is 4.55 Å². The molecule has 1 heterocycles. The quantitative estimate of drug-likeness (QED) is 0.822. The van der Waals surface area contributed by atoms with Gasteiger partial charge in [-0.2, -0.15) is 8.42 Å². The summed E-state index contributed by atoms with van der Waals surface area (Å²) in [6.07, 6.45) is 1.68. The number of hydrogen-bond acceptors (Lipinski definition) is 3. The smallest absolute Gasteiger partial charge is 0.269 e. The molecule has 0 atom stereocenters. The van der Waals surface area contributed by atoms with Crippen LogP contribution in [0.3, 0.4) is 0 Å². The third-order valence-corrected chi connectivity index (χ3v) is 3.90. The van der Waals surface area contributed by atoms with Gasteiger partial charge >= 0.3 is 0 Å². The molecule has 0 aliphatic carbocycles. The van der Waals surface area contributed by atoms with Gasteiger partial charge in [-0.25, -0.2) is 4.39 Å². The number of rotatable bonds is 3. The lowest BCUT2D eigenvalue weighted by Gasteiger charge is -2.24. The van der Waals surface area contributed by atoms with Crippen molar-refractivity contribution in [3.05, 3.63) is 35.1 Å². The van der Waals surface area contributed by atoms with Crippen LogP contribution in [0.4, 0.5) is 4.39 Å². The summed E-state index contributed by atoms with van der Waals surface area (Å²) in [4.78, 5) is 0. The Balaban J connectivity index is 2.29. The molecule has 1 fully saturated rings. The third kappa shape index (κ3) is 3.28. The molecule has 2 N–H and O–H groups in total. The fraction of sp³-hybridized carbons (Fsp3) is 0.500. The van der Waals surface area contributed by atoms with Crippen LogP contribution < -0.4 is 5.32 Å². The van der Waals surface area contributed by atoms with Gasteiger partial charge in [0.05, 0.1) is 0 Å². The van der Waals surface area contributed by atoms with Crippen molar-refractivity contribution in [2.45, 2.75) is 24.5 Å². The maximum absolute atomic E-state index is 14.2. The molecular weight excluding hydrogens is 257 g/mol. The number of halogens is 1. The van der Waals surface area contributed by atoms with Crippen molar-refractivity contribution in [3.8, 4) is 0 Å². The van der Waals surface area contributed by atoms with Crippen molar-refractivity contribution < 1.29 is 17.4 Å². The lowest BCUT2D eigenvalue weighted by atomic mass is 9.89. The Morgan fingerprint density at radius 2 is 2.00 bits per heavy atom. The van der Waals surface area contributed by atoms with Gasteiger partial charge in [-0.05, 0) is 37.4 Å². The minimum Gasteiger partial charge on any atom is -0.317 e. The highest BCUT2D eigenvalue weighted by Gasteiger charge is 2.21. The Kier molecular flexibility index (Phi) is 3.99. The highest BCUT2D eigenvalue weighted by molar-refractivity contribution is 7.85. The van der Waals surface area contributed by atoms with E-state index in [0.29, 0.717) is 5.56 Å². The first-order valence-electron chi connectivity index (χ1n) is 5.90. The van der Waals surface area contributed by atoms with Crippen LogP contribution in [0.5, 0.6) is 0 Å². The van der Waals surface area contributed by atoms with Gasteiger partial charge in [0.1, 0.15) is 11.6 Å². The van der Waals surface area contributed by atoms with E-state index < -0.39 is 21.7 Å². The number of hydrogen-bond donors (Lipinski definition) is 2. The van der Waals surface area contributed by atoms with Crippen molar-refractivity contribution in [2.75, 3.05) is 13.1 Å². The largest absolute Gasteiger partial charge is 0.317 e. The topological polar surface area (TPSA) is 66.4 Å². The van der Waals surface area contributed by atoms with Crippen molar-refractivity contribution in [3.63, 3.8) is 0 Å². The van der Waals surface area contributed by atoms with E-state index in [4.69, 9.17) is 4.55 Å². The van der Waals surface area contributed by atoms with E-state index in [9.17, 15) is 12.8 Å². The van der Waals surface area contributed by atoms with Crippen molar-refractivity contribution in [1.82, 2.24) is 5.32 Å². The van der Waals surface area contributed by atoms with E-state index in [1.54, 1.807) is 12.1 Å². The standard InChI is InChI=1S/C12H16FNO3S/c13-12-10(8-18(15,16)17)2-1-3-11(12)9-4-6-14-7-5-9/h1-3,9,14H,4-8H2,(H,15,16,17). The molecular formula is C12H16FNO3S. The summed E-state index contributed by atoms with van der Waals surface area (Å²) in [7, 11) is -4.20. The fourth-order valence-corrected chi connectivity index (χ4v) is 2.97. The van der Waals surface area contributed by atoms with Crippen molar-refractivity contribution in [1.29, 1.82) is 0 Å². The second kappa shape index (κ2) is 5.34. The van der Waals surface area contributed by atoms with Gasteiger partial charge < -0.3 is 5.32 Å². The Bertz CT molecular complexity index is 524. The summed E-state index contributed by atoms with van der Waals surface area (Å²) in [5.74, 6) is -1.05. The SMILES string of the molecule is O=S(=O)(O)Cc1cccc(C2CCNCC2)c1F. The van der Waals surface area contributed by atoms with Crippen LogP contribution in [0.1, 0.15) is 29.9 Å². The van der Waals surface area contributed by atoms with Crippen LogP contribution in [0.2, 0.25) is 0 Å². The summed E-state index contributed by atoms with van der Waals surface area (Å²) in [5.41, 5.74) is 0.589. The zero-order valence-corrected chi connectivity index (χ0v) is 10.7. The van der Waals surface area contributed by atoms with E-state index in [0.717, 1.165) is 25.9 Å². The second-order valence-electron chi connectivity index (χ2n) is 4.57. The Morgan fingerprint density at radius 1 is 1.33 bits per heavy atom. The van der Waals surface area contributed by atoms with Crippen LogP contribution in [0, 0.1) is 5.82 Å². The van der Waals surface area contributed by atoms with Crippen LogP contribution in [0.15, 0.2) is 18.2 Å². The monoisotopic (exact) mass is 273 g/mol. The fourth-order valence-electron chi connectivity index (χ4n) is 2.36. The number of benzene rings is 1. The zero-order valence-electron chi connectivity index (χ0n) is 9.89. The molecule has 0 spiro atoms. The highest BCUT2D eigenvalue weighted by Crippen LogP contribution is 2.29. The number of piperidine rings is 1. The summed E-state index contributed by atoms with van der Waals surface area (Å²) < 4.78 is 44.6. The first-order valence-corrected chi connectivity index (χ1v) is 7.51. The molecule has 1 aliphatic heterocycles. The van der Waals surface area contributed by atoms with E-state index in [-0.39, 0.29) is 11.5 Å². The van der Waals surface area contributed by atoms with Crippen LogP contribution in [0.25, 0.3) is 0 Å². The van der Waals surface area contributed by atoms with Crippen molar-refractivity contribution >= 4 is 10.1 Å². The van der Waals surface area contributed by atoms with Crippen LogP contribution >= 0.6 is 0 Å². The molecule has 6 heteroatoms. The van der Waals surface area contributed by atoms with Gasteiger partial charge in [0.15, 0.2) is 0 Å². The average Bonchev–Trinajstić information content (AvgIpc) is 2.31. The van der Waals surface area contributed by atoms with Crippen molar-refractivity contribution in [2.24, 2.45) is 0 Å². The van der Waals surface area contributed by atoms with Gasteiger partial charge in [0, 0.05) is 5.56 Å². The summed E-state index contributed by atoms with van der Waals surface area (Å²) >= 11 is 0. The second-order valence-corrected chi connectivity index (χ2v) is 6.02. The lowest BCUT2D eigenvalue weighted by molar-refractivity contribution is 0.442. The third-order valence-electron chi connectivity index (χ3n) is 3.23. The summed E-state index contributed by atoms with van der Waals surface area (Å²) in [6.45, 7) is 1.68. The Labute approximate surface area is 106 Å². The van der Waals surface area contributed by atoms with E-state index in [2.05, 4.69) is 5.32 Å². The van der Waals surface area contributed by atoms with E-state index in [1.165, 1.54) is 6.07 Å². The van der Waals surface area contributed by atoms with E-state index >= 15 is 0 Å². The Hall–Kier alpha value is -0.980. The molecule has 1 aromatic rings. The molecule has 0 amide bonds. The van der Waals surface area contributed by atoms with Crippen LogP contribution in [-0.4, -0.2) is 26.1 Å². The molecule has 0 radical (unpaired) electrons. The maximum Gasteiger partial charge on any atom is 0.269 e. The highest BCUT2D eigenvalue weighted by atomic mass is 32.2. The van der Waals surface area contributed by atoms with E-state index in [1.807, 2.05) is 0 Å². The Morgan fingerprint density at radius 3 is 2.61 bits per heavy atom. The minimum absolute atomic E-state index is 0.0357. The zero-order chi connectivity index (χ0) is 13.2. The molecule has 0 saturated carbocycles. The average molecular weight is 273 g/mol. The van der Waals surface area contributed by atoms with Gasteiger partial charge in [0.25, 0.3) is 10.1 Å². The molecule has 2 rings (SSSR count). The molecule has 1 saturated heterocycles. The molecule has 1 aliphatic rings. The molecule has 18 heavy (non-hydrogen) atoms. The predicted octanol–water partition coefficient (Wildman–Crippen LogP) is 1.68. The predicted molar refractivity (Wildman–Crippen MR) is 66.5 cm³/mol. The molecule has 0 aromatic heterocycles. The first-order chi connectivity index (χ1) is 8.47. The molecule has 0 bridgehead atoms. The molecule has 100 valence electrons. The maximum atomic E-state index is 14.2. The first kappa shape index (κ1) is 13.5. The van der Waals surface area contributed by atoms with Gasteiger partial charge in [-0.1, -0.05) is 18.2 Å². The summed E-state index contributed by atoms with van der Waals surface area (Å²) in [6, 6.07) is 4.73. The van der Waals surface area contributed by atoms with Gasteiger partial charge in [0.2, 0.25) is 0 Å². The molecule has 1 aromatic carbocycles. The van der Waals surface area contributed by atoms with Gasteiger partial charge in [-0.15, -0.1) is 0 Å². The summed E-state index contributed by atoms with van der Waals surface area (Å²) in [5, 5.41) is 3.20. The normalized spacial score (nSPS) is 17.9. The molecule has 4 nitrogen and oxygen atoms in total. The lowest BCUT2D eigenvalue weighted by Crippen LogP contribution is -2.27. The minimum atomic E-state index is -4.20. The number of nitrogens with one attached hydrogen (secondary N) is 1. The molecule has 0 unspecified atom stereocenters. The van der Waals surface area contributed by atoms with Crippen LogP contribution in [-0.2, 0) is 15.9 Å².